The minimum atomic E-state index is -1.11. The maximum Gasteiger partial charge on any atom is 0.323 e. The lowest BCUT2D eigenvalue weighted by Crippen LogP contribution is -2.41. The number of carbonyl (C=O) groups excluding carboxylic acids is 1. The molecule has 106 valence electrons. The molecule has 2 rings (SSSR count). The molecule has 1 aliphatic rings. The van der Waals surface area contributed by atoms with Gasteiger partial charge >= 0.3 is 12.0 Å². The summed E-state index contributed by atoms with van der Waals surface area (Å²) >= 11 is 0. The van der Waals surface area contributed by atoms with E-state index in [0.717, 1.165) is 0 Å². The van der Waals surface area contributed by atoms with E-state index in [9.17, 15) is 19.7 Å². The van der Waals surface area contributed by atoms with Gasteiger partial charge in [-0.2, -0.15) is 0 Å². The minimum absolute atomic E-state index is 0.0584. The summed E-state index contributed by atoms with van der Waals surface area (Å²) in [7, 11) is 0. The number of urea groups is 1. The number of carboxylic acid groups (broad SMARTS) is 1. The zero-order valence-corrected chi connectivity index (χ0v) is 10.7. The lowest BCUT2D eigenvalue weighted by atomic mass is 10.0. The zero-order valence-electron chi connectivity index (χ0n) is 10.7. The van der Waals surface area contributed by atoms with Crippen LogP contribution in [0.5, 0.6) is 0 Å². The number of fused-ring (bicyclic) bond motifs is 1. The van der Waals surface area contributed by atoms with Gasteiger partial charge in [-0.15, -0.1) is 0 Å². The summed E-state index contributed by atoms with van der Waals surface area (Å²) in [5.74, 6) is -1.11. The second kappa shape index (κ2) is 5.16. The van der Waals surface area contributed by atoms with Gasteiger partial charge in [0.1, 0.15) is 6.54 Å². The highest BCUT2D eigenvalue weighted by Crippen LogP contribution is 2.29. The van der Waals surface area contributed by atoms with Crippen molar-refractivity contribution >= 4 is 17.7 Å². The van der Waals surface area contributed by atoms with E-state index in [4.69, 9.17) is 5.11 Å². The highest BCUT2D eigenvalue weighted by Gasteiger charge is 2.29. The third-order valence-corrected chi connectivity index (χ3v) is 3.25. The predicted molar refractivity (Wildman–Crippen MR) is 68.1 cm³/mol. The average molecular weight is 279 g/mol. The zero-order chi connectivity index (χ0) is 14.9. The van der Waals surface area contributed by atoms with E-state index in [1.165, 1.54) is 17.0 Å². The van der Waals surface area contributed by atoms with Crippen LogP contribution in [-0.4, -0.2) is 33.5 Å². The Labute approximate surface area is 114 Å². The maximum absolute atomic E-state index is 11.9. The number of amides is 2. The highest BCUT2D eigenvalue weighted by molar-refractivity contribution is 5.81. The molecule has 1 aliphatic heterocycles. The number of nitrogens with one attached hydrogen (secondary N) is 1. The van der Waals surface area contributed by atoms with E-state index in [1.54, 1.807) is 13.0 Å². The Morgan fingerprint density at radius 3 is 2.90 bits per heavy atom. The second-order valence-corrected chi connectivity index (χ2v) is 4.50. The van der Waals surface area contributed by atoms with Crippen molar-refractivity contribution in [1.82, 2.24) is 10.2 Å². The summed E-state index contributed by atoms with van der Waals surface area (Å²) < 4.78 is 0. The van der Waals surface area contributed by atoms with E-state index < -0.39 is 29.5 Å². The smallest absolute Gasteiger partial charge is 0.323 e. The summed E-state index contributed by atoms with van der Waals surface area (Å²) in [6, 6.07) is 3.34. The number of non-ortho nitro benzene ring substituents is 1. The van der Waals surface area contributed by atoms with E-state index in [2.05, 4.69) is 5.32 Å². The number of carbonyl (C=O) groups is 2. The van der Waals surface area contributed by atoms with E-state index in [0.29, 0.717) is 11.1 Å². The summed E-state index contributed by atoms with van der Waals surface area (Å²) in [4.78, 5) is 34.1. The predicted octanol–water partition coefficient (Wildman–Crippen LogP) is 1.27. The molecule has 2 amide bonds. The van der Waals surface area contributed by atoms with Gasteiger partial charge in [0, 0.05) is 18.7 Å². The monoisotopic (exact) mass is 279 g/mol. The van der Waals surface area contributed by atoms with Gasteiger partial charge in [-0.1, -0.05) is 0 Å². The van der Waals surface area contributed by atoms with E-state index in [1.807, 2.05) is 0 Å². The van der Waals surface area contributed by atoms with Crippen molar-refractivity contribution in [1.29, 1.82) is 0 Å². The molecule has 0 bridgehead atoms. The Bertz CT molecular complexity index is 586. The van der Waals surface area contributed by atoms with Crippen molar-refractivity contribution in [3.05, 3.63) is 39.4 Å². The molecule has 1 aromatic rings. The number of hydrogen-bond donors (Lipinski definition) is 2. The lowest BCUT2D eigenvalue weighted by Gasteiger charge is -2.25. The molecule has 0 aliphatic carbocycles. The first-order valence-electron chi connectivity index (χ1n) is 5.93. The van der Waals surface area contributed by atoms with Crippen LogP contribution in [0.25, 0.3) is 0 Å². The van der Waals surface area contributed by atoms with Gasteiger partial charge in [0.2, 0.25) is 0 Å². The number of rotatable bonds is 3. The van der Waals surface area contributed by atoms with Gasteiger partial charge in [0.25, 0.3) is 5.69 Å². The Morgan fingerprint density at radius 2 is 2.30 bits per heavy atom. The van der Waals surface area contributed by atoms with Gasteiger partial charge in [-0.25, -0.2) is 4.79 Å². The standard InChI is InChI=1S/C12H13N3O5/c1-7-10-3-2-9(15(19)20)4-8(10)5-13-12(18)14(7)6-11(16)17/h2-4,7H,5-6H2,1H3,(H,13,18)(H,16,17). The Morgan fingerprint density at radius 1 is 1.60 bits per heavy atom. The number of nitro groups is 1. The van der Waals surface area contributed by atoms with Crippen LogP contribution in [-0.2, 0) is 11.3 Å². The fraction of sp³-hybridized carbons (Fsp3) is 0.333. The summed E-state index contributed by atoms with van der Waals surface area (Å²) in [6.45, 7) is 1.40. The van der Waals surface area contributed by atoms with E-state index in [-0.39, 0.29) is 12.2 Å². The molecule has 0 fully saturated rings. The highest BCUT2D eigenvalue weighted by atomic mass is 16.6. The first-order valence-corrected chi connectivity index (χ1v) is 5.93. The molecule has 1 unspecified atom stereocenters. The molecule has 0 radical (unpaired) electrons. The number of carboxylic acids is 1. The fourth-order valence-corrected chi connectivity index (χ4v) is 2.24. The molecule has 1 aromatic carbocycles. The van der Waals surface area contributed by atoms with Crippen LogP contribution in [0.1, 0.15) is 24.1 Å². The van der Waals surface area contributed by atoms with Crippen LogP contribution >= 0.6 is 0 Å². The fourth-order valence-electron chi connectivity index (χ4n) is 2.24. The van der Waals surface area contributed by atoms with Gasteiger partial charge in [0.15, 0.2) is 0 Å². The molecular weight excluding hydrogens is 266 g/mol. The van der Waals surface area contributed by atoms with Crippen molar-refractivity contribution in [2.75, 3.05) is 6.54 Å². The third kappa shape index (κ3) is 2.53. The van der Waals surface area contributed by atoms with Crippen molar-refractivity contribution in [3.8, 4) is 0 Å². The van der Waals surface area contributed by atoms with Gasteiger partial charge in [-0.05, 0) is 24.1 Å². The van der Waals surface area contributed by atoms with Crippen LogP contribution in [0.15, 0.2) is 18.2 Å². The molecule has 0 saturated heterocycles. The molecule has 8 nitrogen and oxygen atoms in total. The van der Waals surface area contributed by atoms with Crippen LogP contribution in [0, 0.1) is 10.1 Å². The molecule has 0 spiro atoms. The summed E-state index contributed by atoms with van der Waals surface area (Å²) in [6.07, 6.45) is 0. The normalized spacial score (nSPS) is 17.9. The summed E-state index contributed by atoms with van der Waals surface area (Å²) in [5, 5.41) is 22.2. The number of hydrogen-bond acceptors (Lipinski definition) is 4. The first kappa shape index (κ1) is 13.8. The van der Waals surface area contributed by atoms with Crippen LogP contribution < -0.4 is 5.32 Å². The molecule has 8 heteroatoms. The number of nitro benzene ring substituents is 1. The Kier molecular flexibility index (Phi) is 3.55. The number of nitrogens with zero attached hydrogens (tertiary/aromatic N) is 2. The molecule has 0 aromatic heterocycles. The number of benzene rings is 1. The van der Waals surface area contributed by atoms with Gasteiger partial charge in [0.05, 0.1) is 11.0 Å². The van der Waals surface area contributed by atoms with Gasteiger partial charge in [-0.3, -0.25) is 14.9 Å². The average Bonchev–Trinajstić information content (AvgIpc) is 2.50. The maximum atomic E-state index is 11.9. The first-order chi connectivity index (χ1) is 9.40. The van der Waals surface area contributed by atoms with Crippen molar-refractivity contribution in [2.24, 2.45) is 0 Å². The SMILES string of the molecule is CC1c2ccc([N+](=O)[O-])cc2CNC(=O)N1CC(=O)O. The summed E-state index contributed by atoms with van der Waals surface area (Å²) in [5.41, 5.74) is 1.26. The van der Waals surface area contributed by atoms with Crippen LogP contribution in [0.4, 0.5) is 10.5 Å². The molecule has 2 N–H and O–H groups in total. The molecule has 1 heterocycles. The molecule has 20 heavy (non-hydrogen) atoms. The topological polar surface area (TPSA) is 113 Å². The number of aliphatic carboxylic acids is 1. The Balaban J connectivity index is 2.41. The van der Waals surface area contributed by atoms with Crippen molar-refractivity contribution in [3.63, 3.8) is 0 Å². The third-order valence-electron chi connectivity index (χ3n) is 3.25. The minimum Gasteiger partial charge on any atom is -0.480 e. The van der Waals surface area contributed by atoms with Crippen LogP contribution in [0.3, 0.4) is 0 Å². The quantitative estimate of drug-likeness (QED) is 0.639. The van der Waals surface area contributed by atoms with Crippen molar-refractivity contribution in [2.45, 2.75) is 19.5 Å². The van der Waals surface area contributed by atoms with E-state index >= 15 is 0 Å². The molecular formula is C12H13N3O5. The van der Waals surface area contributed by atoms with Crippen molar-refractivity contribution < 1.29 is 19.6 Å². The lowest BCUT2D eigenvalue weighted by molar-refractivity contribution is -0.384. The molecule has 1 atom stereocenters. The van der Waals surface area contributed by atoms with Crippen LogP contribution in [0.2, 0.25) is 0 Å². The molecule has 0 saturated carbocycles. The van der Waals surface area contributed by atoms with Gasteiger partial charge < -0.3 is 15.3 Å². The largest absolute Gasteiger partial charge is 0.480 e. The second-order valence-electron chi connectivity index (χ2n) is 4.50. The Hall–Kier alpha value is -2.64.